The molecule has 0 saturated heterocycles. The Bertz CT molecular complexity index is 791. The zero-order valence-corrected chi connectivity index (χ0v) is 16.7. The van der Waals surface area contributed by atoms with Crippen LogP contribution in [-0.4, -0.2) is 32.5 Å². The fourth-order valence-electron chi connectivity index (χ4n) is 2.62. The highest BCUT2D eigenvalue weighted by atomic mass is 35.5. The lowest BCUT2D eigenvalue weighted by atomic mass is 10.2. The minimum absolute atomic E-state index is 0.0470. The molecule has 1 atom stereocenters. The third-order valence-electron chi connectivity index (χ3n) is 4.14. The molecule has 1 aromatic heterocycles. The monoisotopic (exact) mass is 394 g/mol. The van der Waals surface area contributed by atoms with Crippen molar-refractivity contribution in [2.45, 2.75) is 57.5 Å². The number of benzene rings is 1. The van der Waals surface area contributed by atoms with E-state index in [1.54, 1.807) is 6.07 Å². The van der Waals surface area contributed by atoms with Gasteiger partial charge in [0.2, 0.25) is 5.91 Å². The summed E-state index contributed by atoms with van der Waals surface area (Å²) in [7, 11) is 0. The summed E-state index contributed by atoms with van der Waals surface area (Å²) in [4.78, 5) is 11.9. The van der Waals surface area contributed by atoms with Crippen LogP contribution in [0.4, 0.5) is 0 Å². The molecule has 2 aromatic rings. The minimum atomic E-state index is -0.267. The van der Waals surface area contributed by atoms with Gasteiger partial charge in [0, 0.05) is 17.6 Å². The fourth-order valence-corrected chi connectivity index (χ4v) is 3.67. The van der Waals surface area contributed by atoms with E-state index in [0.29, 0.717) is 23.4 Å². The molecule has 1 unspecified atom stereocenters. The zero-order valence-electron chi connectivity index (χ0n) is 15.2. The highest BCUT2D eigenvalue weighted by Crippen LogP contribution is 2.28. The van der Waals surface area contributed by atoms with Gasteiger partial charge >= 0.3 is 0 Å². The van der Waals surface area contributed by atoms with Crippen LogP contribution in [-0.2, 0) is 11.3 Å². The molecule has 6 nitrogen and oxygen atoms in total. The molecule has 1 aromatic carbocycles. The summed E-state index contributed by atoms with van der Waals surface area (Å²) in [5.74, 6) is 1.91. The van der Waals surface area contributed by atoms with Gasteiger partial charge in [-0.3, -0.25) is 4.79 Å². The molecule has 0 aliphatic heterocycles. The topological polar surface area (TPSA) is 69.0 Å². The molecule has 3 rings (SSSR count). The summed E-state index contributed by atoms with van der Waals surface area (Å²) in [6.45, 7) is 6.64. The van der Waals surface area contributed by atoms with Gasteiger partial charge in [-0.2, -0.15) is 0 Å². The van der Waals surface area contributed by atoms with Gasteiger partial charge in [0.15, 0.2) is 17.1 Å². The molecule has 0 radical (unpaired) electrons. The molecule has 1 amide bonds. The number of aryl methyl sites for hydroxylation is 1. The Morgan fingerprint density at radius 3 is 2.88 bits per heavy atom. The van der Waals surface area contributed by atoms with E-state index in [2.05, 4.69) is 15.5 Å². The van der Waals surface area contributed by atoms with Crippen molar-refractivity contribution in [1.82, 2.24) is 20.1 Å². The SMILES string of the molecule is CCn1c(SCC(=O)NC2CC2)nnc1C(C)Oc1ccc(Cl)cc1C. The lowest BCUT2D eigenvalue weighted by Gasteiger charge is -2.17. The standard InChI is InChI=1S/C18H23ClN4O2S/c1-4-23-17(12(3)25-15-8-5-13(19)9-11(15)2)21-22-18(23)26-10-16(24)20-14-6-7-14/h5,8-9,12,14H,4,6-7,10H2,1-3H3,(H,20,24). The number of rotatable bonds is 8. The van der Waals surface area contributed by atoms with Gasteiger partial charge in [-0.25, -0.2) is 0 Å². The maximum absolute atomic E-state index is 11.9. The number of hydrogen-bond acceptors (Lipinski definition) is 5. The van der Waals surface area contributed by atoms with Gasteiger partial charge < -0.3 is 14.6 Å². The number of nitrogens with zero attached hydrogens (tertiary/aromatic N) is 3. The maximum Gasteiger partial charge on any atom is 0.230 e. The summed E-state index contributed by atoms with van der Waals surface area (Å²) in [5, 5.41) is 12.9. The molecule has 8 heteroatoms. The number of thioether (sulfide) groups is 1. The number of ether oxygens (including phenoxy) is 1. The van der Waals surface area contributed by atoms with Gasteiger partial charge in [-0.05, 0) is 57.4 Å². The molecule has 1 fully saturated rings. The van der Waals surface area contributed by atoms with E-state index in [1.165, 1.54) is 11.8 Å². The molecular weight excluding hydrogens is 372 g/mol. The average Bonchev–Trinajstić information content (AvgIpc) is 3.31. The Kier molecular flexibility index (Phi) is 6.09. The number of nitrogens with one attached hydrogen (secondary N) is 1. The van der Waals surface area contributed by atoms with Crippen molar-refractivity contribution in [2.75, 3.05) is 5.75 Å². The first-order chi connectivity index (χ1) is 12.5. The summed E-state index contributed by atoms with van der Waals surface area (Å²) in [6, 6.07) is 5.91. The van der Waals surface area contributed by atoms with Crippen molar-refractivity contribution >= 4 is 29.3 Å². The van der Waals surface area contributed by atoms with Gasteiger partial charge in [0.1, 0.15) is 5.75 Å². The molecule has 1 aliphatic rings. The van der Waals surface area contributed by atoms with Gasteiger partial charge in [-0.1, -0.05) is 23.4 Å². The minimum Gasteiger partial charge on any atom is -0.482 e. The molecule has 0 bridgehead atoms. The zero-order chi connectivity index (χ0) is 18.7. The third kappa shape index (κ3) is 4.71. The van der Waals surface area contributed by atoms with Crippen LogP contribution >= 0.6 is 23.4 Å². The highest BCUT2D eigenvalue weighted by molar-refractivity contribution is 7.99. The van der Waals surface area contributed by atoms with Gasteiger partial charge in [0.05, 0.1) is 5.75 Å². The molecular formula is C18H23ClN4O2S. The second-order valence-electron chi connectivity index (χ2n) is 6.39. The van der Waals surface area contributed by atoms with E-state index in [9.17, 15) is 4.79 Å². The number of amides is 1. The van der Waals surface area contributed by atoms with E-state index in [1.807, 2.05) is 37.5 Å². The van der Waals surface area contributed by atoms with E-state index < -0.39 is 0 Å². The molecule has 1 saturated carbocycles. The lowest BCUT2D eigenvalue weighted by molar-refractivity contribution is -0.118. The van der Waals surface area contributed by atoms with Crippen LogP contribution in [0.25, 0.3) is 0 Å². The Hall–Kier alpha value is -1.73. The summed E-state index contributed by atoms with van der Waals surface area (Å²) in [6.07, 6.45) is 1.91. The first-order valence-corrected chi connectivity index (χ1v) is 10.1. The quantitative estimate of drug-likeness (QED) is 0.690. The fraction of sp³-hybridized carbons (Fsp3) is 0.500. The number of hydrogen-bond donors (Lipinski definition) is 1. The second kappa shape index (κ2) is 8.31. The predicted molar refractivity (Wildman–Crippen MR) is 103 cm³/mol. The van der Waals surface area contributed by atoms with Crippen molar-refractivity contribution in [3.63, 3.8) is 0 Å². The van der Waals surface area contributed by atoms with E-state index >= 15 is 0 Å². The van der Waals surface area contributed by atoms with Crippen LogP contribution in [0.1, 0.15) is 44.2 Å². The van der Waals surface area contributed by atoms with Gasteiger partial charge in [-0.15, -0.1) is 10.2 Å². The van der Waals surface area contributed by atoms with Crippen molar-refractivity contribution in [1.29, 1.82) is 0 Å². The van der Waals surface area contributed by atoms with E-state index in [-0.39, 0.29) is 12.0 Å². The first-order valence-electron chi connectivity index (χ1n) is 8.76. The summed E-state index contributed by atoms with van der Waals surface area (Å²) >= 11 is 7.40. The number of aromatic nitrogens is 3. The number of halogens is 1. The van der Waals surface area contributed by atoms with Crippen molar-refractivity contribution in [3.05, 3.63) is 34.6 Å². The number of carbonyl (C=O) groups is 1. The normalized spacial score (nSPS) is 14.9. The molecule has 140 valence electrons. The Balaban J connectivity index is 1.66. The Labute approximate surface area is 162 Å². The van der Waals surface area contributed by atoms with Gasteiger partial charge in [0.25, 0.3) is 0 Å². The smallest absolute Gasteiger partial charge is 0.230 e. The molecule has 1 N–H and O–H groups in total. The van der Waals surface area contributed by atoms with Crippen LogP contribution in [0.2, 0.25) is 5.02 Å². The van der Waals surface area contributed by atoms with Crippen LogP contribution in [0.15, 0.2) is 23.4 Å². The summed E-state index contributed by atoms with van der Waals surface area (Å²) < 4.78 is 8.05. The van der Waals surface area contributed by atoms with E-state index in [4.69, 9.17) is 16.3 Å². The lowest BCUT2D eigenvalue weighted by Crippen LogP contribution is -2.27. The van der Waals surface area contributed by atoms with E-state index in [0.717, 1.165) is 35.1 Å². The van der Waals surface area contributed by atoms with Crippen LogP contribution in [0, 0.1) is 6.92 Å². The average molecular weight is 395 g/mol. The van der Waals surface area contributed by atoms with Crippen molar-refractivity contribution < 1.29 is 9.53 Å². The Morgan fingerprint density at radius 1 is 1.46 bits per heavy atom. The molecule has 26 heavy (non-hydrogen) atoms. The third-order valence-corrected chi connectivity index (χ3v) is 5.34. The highest BCUT2D eigenvalue weighted by Gasteiger charge is 2.24. The van der Waals surface area contributed by atoms with Crippen LogP contribution in [0.5, 0.6) is 5.75 Å². The number of carbonyl (C=O) groups excluding carboxylic acids is 1. The van der Waals surface area contributed by atoms with Crippen LogP contribution in [0.3, 0.4) is 0 Å². The molecule has 1 heterocycles. The predicted octanol–water partition coefficient (Wildman–Crippen LogP) is 3.77. The molecule has 0 spiro atoms. The summed E-state index contributed by atoms with van der Waals surface area (Å²) in [5.41, 5.74) is 0.971. The Morgan fingerprint density at radius 2 is 2.23 bits per heavy atom. The van der Waals surface area contributed by atoms with Crippen molar-refractivity contribution in [2.24, 2.45) is 0 Å². The second-order valence-corrected chi connectivity index (χ2v) is 7.76. The maximum atomic E-state index is 11.9. The van der Waals surface area contributed by atoms with Crippen molar-refractivity contribution in [3.8, 4) is 5.75 Å². The first kappa shape index (κ1) is 19.0. The molecule has 1 aliphatic carbocycles. The largest absolute Gasteiger partial charge is 0.482 e. The van der Waals surface area contributed by atoms with Crippen LogP contribution < -0.4 is 10.1 Å².